The molecule has 0 atom stereocenters. The monoisotopic (exact) mass is 259 g/mol. The lowest BCUT2D eigenvalue weighted by atomic mass is 10.1. The van der Waals surface area contributed by atoms with Crippen molar-refractivity contribution in [2.24, 2.45) is 0 Å². The number of ether oxygens (including phenoxy) is 1. The van der Waals surface area contributed by atoms with Gasteiger partial charge in [0.1, 0.15) is 0 Å². The van der Waals surface area contributed by atoms with Crippen molar-refractivity contribution in [2.45, 2.75) is 32.7 Å². The van der Waals surface area contributed by atoms with Crippen molar-refractivity contribution in [1.29, 1.82) is 0 Å². The van der Waals surface area contributed by atoms with Gasteiger partial charge in [-0.3, -0.25) is 4.90 Å². The summed E-state index contributed by atoms with van der Waals surface area (Å²) in [6.07, 6.45) is 2.44. The Bertz CT molecular complexity index is 172. The van der Waals surface area contributed by atoms with Crippen molar-refractivity contribution >= 4 is 0 Å². The predicted molar refractivity (Wildman–Crippen MR) is 79.2 cm³/mol. The zero-order chi connectivity index (χ0) is 13.8. The first kappa shape index (κ1) is 17.8. The van der Waals surface area contributed by atoms with Crippen molar-refractivity contribution in [3.8, 4) is 0 Å². The molecule has 18 heavy (non-hydrogen) atoms. The van der Waals surface area contributed by atoms with Gasteiger partial charge in [-0.25, -0.2) is 0 Å². The lowest BCUT2D eigenvalue weighted by Gasteiger charge is -2.30. The number of nitrogens with zero attached hydrogens (tertiary/aromatic N) is 2. The van der Waals surface area contributed by atoms with E-state index < -0.39 is 0 Å². The highest BCUT2D eigenvalue weighted by Crippen LogP contribution is 2.07. The van der Waals surface area contributed by atoms with Gasteiger partial charge in [-0.2, -0.15) is 0 Å². The van der Waals surface area contributed by atoms with Crippen LogP contribution in [0.4, 0.5) is 0 Å². The zero-order valence-electron chi connectivity index (χ0n) is 13.0. The van der Waals surface area contributed by atoms with E-state index in [1.807, 2.05) is 0 Å². The van der Waals surface area contributed by atoms with Crippen LogP contribution in [-0.4, -0.2) is 76.4 Å². The van der Waals surface area contributed by atoms with Crippen LogP contribution in [0.15, 0.2) is 0 Å². The van der Waals surface area contributed by atoms with Gasteiger partial charge in [-0.15, -0.1) is 0 Å². The number of hydrogen-bond acceptors (Lipinski definition) is 4. The smallest absolute Gasteiger partial charge is 0.0589 e. The summed E-state index contributed by atoms with van der Waals surface area (Å²) in [5, 5.41) is 3.50. The summed E-state index contributed by atoms with van der Waals surface area (Å²) >= 11 is 0. The molecule has 0 aromatic rings. The second-order valence-electron chi connectivity index (χ2n) is 5.05. The summed E-state index contributed by atoms with van der Waals surface area (Å²) in [5.74, 6) is 0. The minimum absolute atomic E-state index is 0.691. The molecule has 4 nitrogen and oxygen atoms in total. The van der Waals surface area contributed by atoms with E-state index in [4.69, 9.17) is 4.74 Å². The summed E-state index contributed by atoms with van der Waals surface area (Å²) in [6.45, 7) is 10.8. The number of likely N-dealkylation sites (N-methyl/N-ethyl adjacent to an activating group) is 1. The molecule has 0 amide bonds. The first-order chi connectivity index (χ1) is 8.65. The van der Waals surface area contributed by atoms with Gasteiger partial charge in [0.25, 0.3) is 0 Å². The maximum atomic E-state index is 5.20. The van der Waals surface area contributed by atoms with Crippen molar-refractivity contribution in [2.75, 3.05) is 60.5 Å². The molecular weight excluding hydrogens is 226 g/mol. The average molecular weight is 259 g/mol. The zero-order valence-corrected chi connectivity index (χ0v) is 13.0. The lowest BCUT2D eigenvalue weighted by molar-refractivity contribution is 0.116. The van der Waals surface area contributed by atoms with Gasteiger partial charge in [0.05, 0.1) is 6.61 Å². The van der Waals surface area contributed by atoms with E-state index in [0.29, 0.717) is 6.04 Å². The summed E-state index contributed by atoms with van der Waals surface area (Å²) in [6, 6.07) is 0.691. The molecule has 0 fully saturated rings. The molecule has 0 radical (unpaired) electrons. The Labute approximate surface area is 114 Å². The Hall–Kier alpha value is -0.160. The third-order valence-electron chi connectivity index (χ3n) is 3.35. The average Bonchev–Trinajstić information content (AvgIpc) is 2.35. The Morgan fingerprint density at radius 1 is 1.00 bits per heavy atom. The van der Waals surface area contributed by atoms with E-state index in [9.17, 15) is 0 Å². The molecule has 1 N–H and O–H groups in total. The Kier molecular flexibility index (Phi) is 11.8. The molecule has 0 bridgehead atoms. The minimum Gasteiger partial charge on any atom is -0.383 e. The van der Waals surface area contributed by atoms with Crippen LogP contribution in [0.3, 0.4) is 0 Å². The third kappa shape index (κ3) is 8.86. The Morgan fingerprint density at radius 2 is 1.61 bits per heavy atom. The molecule has 0 saturated carbocycles. The first-order valence-corrected chi connectivity index (χ1v) is 7.24. The molecule has 4 heteroatoms. The summed E-state index contributed by atoms with van der Waals surface area (Å²) in [4.78, 5) is 4.75. The molecule has 0 aromatic heterocycles. The van der Waals surface area contributed by atoms with Crippen LogP contribution in [0.5, 0.6) is 0 Å². The molecule has 0 aliphatic heterocycles. The fraction of sp³-hybridized carbons (Fsp3) is 1.00. The molecule has 0 aliphatic rings. The standard InChI is InChI=1S/C14H33N3O/c1-6-14(7-2)17(12-13-18-5)11-9-15-8-10-16(3)4/h14-15H,6-13H2,1-5H3. The SMILES string of the molecule is CCC(CC)N(CCNCCN(C)C)CCOC. The van der Waals surface area contributed by atoms with Gasteiger partial charge >= 0.3 is 0 Å². The van der Waals surface area contributed by atoms with Gasteiger partial charge in [-0.05, 0) is 26.9 Å². The van der Waals surface area contributed by atoms with Crippen LogP contribution in [0.1, 0.15) is 26.7 Å². The topological polar surface area (TPSA) is 27.7 Å². The molecule has 0 heterocycles. The minimum atomic E-state index is 0.691. The van der Waals surface area contributed by atoms with Crippen LogP contribution in [0.25, 0.3) is 0 Å². The normalized spacial score (nSPS) is 12.0. The van der Waals surface area contributed by atoms with E-state index in [1.165, 1.54) is 12.8 Å². The largest absolute Gasteiger partial charge is 0.383 e. The third-order valence-corrected chi connectivity index (χ3v) is 3.35. The second kappa shape index (κ2) is 11.9. The molecule has 110 valence electrons. The van der Waals surface area contributed by atoms with Crippen LogP contribution in [0.2, 0.25) is 0 Å². The second-order valence-corrected chi connectivity index (χ2v) is 5.05. The van der Waals surface area contributed by atoms with Crippen molar-refractivity contribution in [1.82, 2.24) is 15.1 Å². The highest BCUT2D eigenvalue weighted by Gasteiger charge is 2.13. The maximum absolute atomic E-state index is 5.20. The van der Waals surface area contributed by atoms with Gasteiger partial charge in [0.2, 0.25) is 0 Å². The fourth-order valence-electron chi connectivity index (χ4n) is 2.14. The predicted octanol–water partition coefficient (Wildman–Crippen LogP) is 1.27. The molecule has 0 saturated heterocycles. The maximum Gasteiger partial charge on any atom is 0.0589 e. The van der Waals surface area contributed by atoms with Gasteiger partial charge in [0.15, 0.2) is 0 Å². The van der Waals surface area contributed by atoms with Crippen LogP contribution < -0.4 is 5.32 Å². The van der Waals surface area contributed by atoms with E-state index >= 15 is 0 Å². The van der Waals surface area contributed by atoms with E-state index in [0.717, 1.165) is 39.3 Å². The number of hydrogen-bond donors (Lipinski definition) is 1. The van der Waals surface area contributed by atoms with Gasteiger partial charge < -0.3 is 15.0 Å². The highest BCUT2D eigenvalue weighted by molar-refractivity contribution is 4.70. The fourth-order valence-corrected chi connectivity index (χ4v) is 2.14. The molecule has 0 unspecified atom stereocenters. The summed E-state index contributed by atoms with van der Waals surface area (Å²) in [7, 11) is 5.99. The van der Waals surface area contributed by atoms with Crippen molar-refractivity contribution in [3.63, 3.8) is 0 Å². The summed E-state index contributed by atoms with van der Waals surface area (Å²) in [5.41, 5.74) is 0. The molecule has 0 aliphatic carbocycles. The molecule has 0 aromatic carbocycles. The Balaban J connectivity index is 3.85. The molecule has 0 spiro atoms. The first-order valence-electron chi connectivity index (χ1n) is 7.24. The molecule has 0 rings (SSSR count). The Morgan fingerprint density at radius 3 is 2.11 bits per heavy atom. The van der Waals surface area contributed by atoms with Crippen molar-refractivity contribution < 1.29 is 4.74 Å². The summed E-state index contributed by atoms with van der Waals surface area (Å²) < 4.78 is 5.20. The number of nitrogens with one attached hydrogen (secondary N) is 1. The molecular formula is C14H33N3O. The van der Waals surface area contributed by atoms with E-state index in [2.05, 4.69) is 43.1 Å². The van der Waals surface area contributed by atoms with Gasteiger partial charge in [0, 0.05) is 45.9 Å². The quantitative estimate of drug-likeness (QED) is 0.534. The van der Waals surface area contributed by atoms with Crippen LogP contribution in [0, 0.1) is 0 Å². The van der Waals surface area contributed by atoms with Crippen molar-refractivity contribution in [3.05, 3.63) is 0 Å². The van der Waals surface area contributed by atoms with Crippen LogP contribution in [-0.2, 0) is 4.74 Å². The lowest BCUT2D eigenvalue weighted by Crippen LogP contribution is -2.42. The number of methoxy groups -OCH3 is 1. The van der Waals surface area contributed by atoms with E-state index in [-0.39, 0.29) is 0 Å². The van der Waals surface area contributed by atoms with E-state index in [1.54, 1.807) is 7.11 Å². The number of rotatable bonds is 12. The van der Waals surface area contributed by atoms with Crippen LogP contribution >= 0.6 is 0 Å². The van der Waals surface area contributed by atoms with Gasteiger partial charge in [-0.1, -0.05) is 13.8 Å². The highest BCUT2D eigenvalue weighted by atomic mass is 16.5.